The summed E-state index contributed by atoms with van der Waals surface area (Å²) in [5, 5.41) is 3.80. The zero-order valence-electron chi connectivity index (χ0n) is 11.0. The molecule has 0 amide bonds. The zero-order valence-corrected chi connectivity index (χ0v) is 11.7. The van der Waals surface area contributed by atoms with Crippen LogP contribution in [0.4, 0.5) is 5.95 Å². The lowest BCUT2D eigenvalue weighted by Gasteiger charge is -2.08. The molecule has 0 aliphatic rings. The number of anilines is 1. The Labute approximate surface area is 117 Å². The predicted octanol–water partition coefficient (Wildman–Crippen LogP) is 3.24. The second-order valence-corrected chi connectivity index (χ2v) is 4.64. The molecule has 100 valence electrons. The molecule has 0 radical (unpaired) electrons. The van der Waals surface area contributed by atoms with Crippen LogP contribution in [0.3, 0.4) is 0 Å². The number of hydrogen-bond donors (Lipinski definition) is 1. The van der Waals surface area contributed by atoms with E-state index in [9.17, 15) is 0 Å². The van der Waals surface area contributed by atoms with Gasteiger partial charge in [0.05, 0.1) is 6.54 Å². The number of nitrogens with zero attached hydrogens (tertiary/aromatic N) is 2. The molecule has 1 heterocycles. The molecule has 0 atom stereocenters. The number of ether oxygens (including phenoxy) is 1. The van der Waals surface area contributed by atoms with Crippen molar-refractivity contribution in [3.63, 3.8) is 0 Å². The Hall–Kier alpha value is -1.81. The smallest absolute Gasteiger partial charge is 0.223 e. The van der Waals surface area contributed by atoms with Gasteiger partial charge in [-0.3, -0.25) is 0 Å². The highest BCUT2D eigenvalue weighted by atomic mass is 35.5. The van der Waals surface area contributed by atoms with E-state index in [0.29, 0.717) is 24.1 Å². The molecule has 1 aromatic heterocycles. The molecule has 2 rings (SSSR count). The molecular formula is C14H16ClN3O. The van der Waals surface area contributed by atoms with Crippen molar-refractivity contribution in [3.8, 4) is 5.75 Å². The van der Waals surface area contributed by atoms with E-state index in [-0.39, 0.29) is 0 Å². The molecular weight excluding hydrogens is 262 g/mol. The SMILES string of the molecule is Cc1cc(C)nc(NCCOc2cccc(Cl)c2)n1. The quantitative estimate of drug-likeness (QED) is 0.853. The molecule has 0 unspecified atom stereocenters. The first-order valence-corrected chi connectivity index (χ1v) is 6.46. The Morgan fingerprint density at radius 2 is 1.89 bits per heavy atom. The third-order valence-corrected chi connectivity index (χ3v) is 2.67. The number of halogens is 1. The maximum absolute atomic E-state index is 5.87. The van der Waals surface area contributed by atoms with Crippen LogP contribution >= 0.6 is 11.6 Å². The topological polar surface area (TPSA) is 47.0 Å². The summed E-state index contributed by atoms with van der Waals surface area (Å²) in [6.07, 6.45) is 0. The number of aryl methyl sites for hydroxylation is 2. The monoisotopic (exact) mass is 277 g/mol. The van der Waals surface area contributed by atoms with Crippen molar-refractivity contribution in [2.45, 2.75) is 13.8 Å². The van der Waals surface area contributed by atoms with Crippen LogP contribution in [0.15, 0.2) is 30.3 Å². The second kappa shape index (κ2) is 6.38. The fourth-order valence-corrected chi connectivity index (χ4v) is 1.87. The third-order valence-electron chi connectivity index (χ3n) is 2.43. The molecule has 19 heavy (non-hydrogen) atoms. The lowest BCUT2D eigenvalue weighted by Crippen LogP contribution is -2.14. The van der Waals surface area contributed by atoms with Gasteiger partial charge in [0.25, 0.3) is 0 Å². The van der Waals surface area contributed by atoms with Gasteiger partial charge in [-0.2, -0.15) is 0 Å². The minimum absolute atomic E-state index is 0.524. The van der Waals surface area contributed by atoms with Gasteiger partial charge in [0, 0.05) is 16.4 Å². The highest BCUT2D eigenvalue weighted by Crippen LogP contribution is 2.16. The van der Waals surface area contributed by atoms with E-state index in [1.165, 1.54) is 0 Å². The van der Waals surface area contributed by atoms with Crippen LogP contribution in [-0.4, -0.2) is 23.1 Å². The van der Waals surface area contributed by atoms with Gasteiger partial charge in [0.1, 0.15) is 12.4 Å². The predicted molar refractivity (Wildman–Crippen MR) is 76.9 cm³/mol. The van der Waals surface area contributed by atoms with Crippen molar-refractivity contribution in [3.05, 3.63) is 46.7 Å². The first-order valence-electron chi connectivity index (χ1n) is 6.08. The minimum Gasteiger partial charge on any atom is -0.492 e. The van der Waals surface area contributed by atoms with Crippen LogP contribution in [-0.2, 0) is 0 Å². The van der Waals surface area contributed by atoms with E-state index < -0.39 is 0 Å². The average molecular weight is 278 g/mol. The van der Waals surface area contributed by atoms with E-state index >= 15 is 0 Å². The van der Waals surface area contributed by atoms with Crippen LogP contribution in [0.5, 0.6) is 5.75 Å². The molecule has 0 fully saturated rings. The highest BCUT2D eigenvalue weighted by Gasteiger charge is 1.99. The van der Waals surface area contributed by atoms with Crippen molar-refractivity contribution < 1.29 is 4.74 Å². The van der Waals surface area contributed by atoms with Gasteiger partial charge in [-0.25, -0.2) is 9.97 Å². The standard InChI is InChI=1S/C14H16ClN3O/c1-10-8-11(2)18-14(17-10)16-6-7-19-13-5-3-4-12(15)9-13/h3-5,8-9H,6-7H2,1-2H3,(H,16,17,18). The highest BCUT2D eigenvalue weighted by molar-refractivity contribution is 6.30. The van der Waals surface area contributed by atoms with Crippen LogP contribution in [0.1, 0.15) is 11.4 Å². The van der Waals surface area contributed by atoms with Gasteiger partial charge in [-0.15, -0.1) is 0 Å². The van der Waals surface area contributed by atoms with Crippen LogP contribution in [0, 0.1) is 13.8 Å². The van der Waals surface area contributed by atoms with E-state index in [1.54, 1.807) is 6.07 Å². The Morgan fingerprint density at radius 1 is 1.16 bits per heavy atom. The van der Waals surface area contributed by atoms with Gasteiger partial charge in [-0.05, 0) is 38.1 Å². The lowest BCUT2D eigenvalue weighted by molar-refractivity contribution is 0.332. The maximum Gasteiger partial charge on any atom is 0.223 e. The second-order valence-electron chi connectivity index (χ2n) is 4.21. The van der Waals surface area contributed by atoms with Gasteiger partial charge in [0.15, 0.2) is 0 Å². The molecule has 0 bridgehead atoms. The summed E-state index contributed by atoms with van der Waals surface area (Å²) in [4.78, 5) is 8.59. The number of aromatic nitrogens is 2. The van der Waals surface area contributed by atoms with Gasteiger partial charge < -0.3 is 10.1 Å². The molecule has 0 aliphatic carbocycles. The Balaban J connectivity index is 1.80. The number of benzene rings is 1. The van der Waals surface area contributed by atoms with Crippen molar-refractivity contribution in [1.82, 2.24) is 9.97 Å². The van der Waals surface area contributed by atoms with Gasteiger partial charge in [-0.1, -0.05) is 17.7 Å². The van der Waals surface area contributed by atoms with Crippen molar-refractivity contribution >= 4 is 17.5 Å². The average Bonchev–Trinajstić information content (AvgIpc) is 2.34. The molecule has 5 heteroatoms. The summed E-state index contributed by atoms with van der Waals surface area (Å²) in [7, 11) is 0. The molecule has 4 nitrogen and oxygen atoms in total. The van der Waals surface area contributed by atoms with Gasteiger partial charge >= 0.3 is 0 Å². The van der Waals surface area contributed by atoms with Crippen LogP contribution in [0.2, 0.25) is 5.02 Å². The fraction of sp³-hybridized carbons (Fsp3) is 0.286. The van der Waals surface area contributed by atoms with E-state index in [4.69, 9.17) is 16.3 Å². The van der Waals surface area contributed by atoms with Crippen molar-refractivity contribution in [1.29, 1.82) is 0 Å². The molecule has 1 N–H and O–H groups in total. The van der Waals surface area contributed by atoms with Crippen molar-refractivity contribution in [2.75, 3.05) is 18.5 Å². The molecule has 0 saturated heterocycles. The number of hydrogen-bond acceptors (Lipinski definition) is 4. The van der Waals surface area contributed by atoms with Crippen LogP contribution < -0.4 is 10.1 Å². The fourth-order valence-electron chi connectivity index (χ4n) is 1.69. The summed E-state index contributed by atoms with van der Waals surface area (Å²) < 4.78 is 5.57. The normalized spacial score (nSPS) is 10.3. The largest absolute Gasteiger partial charge is 0.492 e. The zero-order chi connectivity index (χ0) is 13.7. The van der Waals surface area contributed by atoms with E-state index in [1.807, 2.05) is 38.1 Å². The third kappa shape index (κ3) is 4.41. The first-order chi connectivity index (χ1) is 9.13. The summed E-state index contributed by atoms with van der Waals surface area (Å²) in [5.41, 5.74) is 1.90. The molecule has 0 aliphatic heterocycles. The van der Waals surface area contributed by atoms with Crippen molar-refractivity contribution in [2.24, 2.45) is 0 Å². The molecule has 2 aromatic rings. The molecule has 0 spiro atoms. The lowest BCUT2D eigenvalue weighted by atomic mass is 10.3. The minimum atomic E-state index is 0.524. The molecule has 0 saturated carbocycles. The van der Waals surface area contributed by atoms with Crippen LogP contribution in [0.25, 0.3) is 0 Å². The molecule has 1 aromatic carbocycles. The number of nitrogens with one attached hydrogen (secondary N) is 1. The Morgan fingerprint density at radius 3 is 2.58 bits per heavy atom. The Kier molecular flexibility index (Phi) is 4.58. The number of rotatable bonds is 5. The van der Waals surface area contributed by atoms with Gasteiger partial charge in [0.2, 0.25) is 5.95 Å². The summed E-state index contributed by atoms with van der Waals surface area (Å²) in [6.45, 7) is 5.05. The summed E-state index contributed by atoms with van der Waals surface area (Å²) in [6, 6.07) is 9.27. The summed E-state index contributed by atoms with van der Waals surface area (Å²) in [5.74, 6) is 1.39. The van der Waals surface area contributed by atoms with E-state index in [2.05, 4.69) is 15.3 Å². The Bertz CT molecular complexity index is 540. The summed E-state index contributed by atoms with van der Waals surface area (Å²) >= 11 is 5.87. The maximum atomic E-state index is 5.87. The van der Waals surface area contributed by atoms with E-state index in [0.717, 1.165) is 17.1 Å². The first kappa shape index (κ1) is 13.6.